The number of hydrogen-bond donors (Lipinski definition) is 0. The normalized spacial score (nSPS) is 15.7. The molecule has 3 heteroatoms. The van der Waals surface area contributed by atoms with Crippen LogP contribution in [-0.4, -0.2) is 9.55 Å². The molecule has 0 bridgehead atoms. The van der Waals surface area contributed by atoms with Crippen molar-refractivity contribution in [1.82, 2.24) is 9.55 Å². The molecule has 1 aliphatic carbocycles. The summed E-state index contributed by atoms with van der Waals surface area (Å²) >= 11 is 0. The number of nitrogens with zero attached hydrogens (tertiary/aromatic N) is 3. The van der Waals surface area contributed by atoms with E-state index in [0.29, 0.717) is 11.6 Å². The molecule has 0 atom stereocenters. The molecule has 0 amide bonds. The molecule has 1 aliphatic rings. The molecule has 1 saturated carbocycles. The maximum atomic E-state index is 9.00. The molecule has 0 aliphatic heterocycles. The monoisotopic (exact) mass is 253 g/mol. The van der Waals surface area contributed by atoms with Gasteiger partial charge in [-0.2, -0.15) is 5.26 Å². The van der Waals surface area contributed by atoms with E-state index >= 15 is 0 Å². The van der Waals surface area contributed by atoms with Crippen LogP contribution in [0.4, 0.5) is 0 Å². The quantitative estimate of drug-likeness (QED) is 0.816. The third-order valence-electron chi connectivity index (χ3n) is 3.49. The lowest BCUT2D eigenvalue weighted by molar-refractivity contribution is 0.393. The second kappa shape index (κ2) is 4.09. The maximum absolute atomic E-state index is 9.00. The van der Waals surface area contributed by atoms with Crippen LogP contribution in [0.25, 0.3) is 11.0 Å². The van der Waals surface area contributed by atoms with E-state index in [9.17, 15) is 0 Å². The van der Waals surface area contributed by atoms with Crippen LogP contribution in [0.2, 0.25) is 0 Å². The first kappa shape index (κ1) is 12.2. The highest BCUT2D eigenvalue weighted by Crippen LogP contribution is 2.39. The van der Waals surface area contributed by atoms with Gasteiger partial charge in [0.15, 0.2) is 0 Å². The third-order valence-corrected chi connectivity index (χ3v) is 3.49. The predicted octanol–water partition coefficient (Wildman–Crippen LogP) is 3.83. The predicted molar refractivity (Wildman–Crippen MR) is 75.9 cm³/mol. The fraction of sp³-hybridized carbons (Fsp3) is 0.500. The number of imidazole rings is 1. The van der Waals surface area contributed by atoms with Gasteiger partial charge in [0, 0.05) is 12.5 Å². The Morgan fingerprint density at radius 3 is 2.68 bits per heavy atom. The summed E-state index contributed by atoms with van der Waals surface area (Å²) in [6.07, 6.45) is 3.48. The van der Waals surface area contributed by atoms with Crippen molar-refractivity contribution in [1.29, 1.82) is 5.26 Å². The van der Waals surface area contributed by atoms with Gasteiger partial charge in [0.25, 0.3) is 0 Å². The van der Waals surface area contributed by atoms with Crippen LogP contribution in [0, 0.1) is 16.7 Å². The Balaban J connectivity index is 2.15. The lowest BCUT2D eigenvalue weighted by Crippen LogP contribution is -2.14. The molecule has 98 valence electrons. The highest BCUT2D eigenvalue weighted by Gasteiger charge is 2.29. The topological polar surface area (TPSA) is 41.6 Å². The Kier molecular flexibility index (Phi) is 2.63. The smallest absolute Gasteiger partial charge is 0.110 e. The van der Waals surface area contributed by atoms with E-state index in [1.165, 1.54) is 24.2 Å². The Labute approximate surface area is 113 Å². The summed E-state index contributed by atoms with van der Waals surface area (Å²) in [6.45, 7) is 6.72. The van der Waals surface area contributed by atoms with Crippen LogP contribution in [0.15, 0.2) is 18.2 Å². The van der Waals surface area contributed by atoms with Crippen molar-refractivity contribution in [3.63, 3.8) is 0 Å². The molecule has 1 fully saturated rings. The molecule has 3 nitrogen and oxygen atoms in total. The molecular weight excluding hydrogens is 234 g/mol. The van der Waals surface area contributed by atoms with Crippen molar-refractivity contribution < 1.29 is 0 Å². The summed E-state index contributed by atoms with van der Waals surface area (Å²) in [7, 11) is 0. The first-order valence-electron chi connectivity index (χ1n) is 6.89. The van der Waals surface area contributed by atoms with Gasteiger partial charge in [-0.3, -0.25) is 0 Å². The maximum Gasteiger partial charge on any atom is 0.110 e. The van der Waals surface area contributed by atoms with E-state index in [-0.39, 0.29) is 5.41 Å². The number of rotatable bonds is 2. The largest absolute Gasteiger partial charge is 0.325 e. The first-order valence-corrected chi connectivity index (χ1v) is 6.89. The van der Waals surface area contributed by atoms with Crippen LogP contribution in [-0.2, 0) is 6.42 Å². The SMILES string of the molecule is CC(C)(C)Cc1nc2cc(C#N)ccc2n1C1CC1. The van der Waals surface area contributed by atoms with Crippen molar-refractivity contribution in [3.8, 4) is 6.07 Å². The molecule has 3 rings (SSSR count). The minimum Gasteiger partial charge on any atom is -0.325 e. The molecule has 0 unspecified atom stereocenters. The average Bonchev–Trinajstić information content (AvgIpc) is 3.09. The van der Waals surface area contributed by atoms with Gasteiger partial charge in [0.2, 0.25) is 0 Å². The lowest BCUT2D eigenvalue weighted by Gasteiger charge is -2.18. The van der Waals surface area contributed by atoms with Gasteiger partial charge in [-0.05, 0) is 36.5 Å². The van der Waals surface area contributed by atoms with Crippen molar-refractivity contribution in [3.05, 3.63) is 29.6 Å². The van der Waals surface area contributed by atoms with Crippen LogP contribution in [0.5, 0.6) is 0 Å². The summed E-state index contributed by atoms with van der Waals surface area (Å²) in [4.78, 5) is 4.78. The van der Waals surface area contributed by atoms with Crippen molar-refractivity contribution in [2.45, 2.75) is 46.1 Å². The minimum atomic E-state index is 0.228. The summed E-state index contributed by atoms with van der Waals surface area (Å²) < 4.78 is 2.39. The van der Waals surface area contributed by atoms with Crippen LogP contribution >= 0.6 is 0 Å². The van der Waals surface area contributed by atoms with Gasteiger partial charge in [0.05, 0.1) is 22.7 Å². The van der Waals surface area contributed by atoms with Crippen LogP contribution < -0.4 is 0 Å². The lowest BCUT2D eigenvalue weighted by atomic mass is 9.92. The van der Waals surface area contributed by atoms with Gasteiger partial charge >= 0.3 is 0 Å². The van der Waals surface area contributed by atoms with E-state index in [2.05, 4.69) is 31.4 Å². The van der Waals surface area contributed by atoms with E-state index in [0.717, 1.165) is 11.9 Å². The summed E-state index contributed by atoms with van der Waals surface area (Å²) in [6, 6.07) is 8.66. The van der Waals surface area contributed by atoms with Gasteiger partial charge in [-0.15, -0.1) is 0 Å². The third kappa shape index (κ3) is 2.35. The van der Waals surface area contributed by atoms with E-state index in [1.54, 1.807) is 0 Å². The van der Waals surface area contributed by atoms with E-state index < -0.39 is 0 Å². The molecule has 2 aromatic rings. The summed E-state index contributed by atoms with van der Waals surface area (Å²) in [5, 5.41) is 9.00. The Morgan fingerprint density at radius 2 is 2.11 bits per heavy atom. The molecule has 1 aromatic carbocycles. The number of aromatic nitrogens is 2. The number of hydrogen-bond acceptors (Lipinski definition) is 2. The summed E-state index contributed by atoms with van der Waals surface area (Å²) in [5.41, 5.74) is 3.06. The van der Waals surface area contributed by atoms with Gasteiger partial charge in [-0.1, -0.05) is 20.8 Å². The summed E-state index contributed by atoms with van der Waals surface area (Å²) in [5.74, 6) is 1.17. The second-order valence-corrected chi connectivity index (χ2v) is 6.68. The fourth-order valence-electron chi connectivity index (χ4n) is 2.56. The van der Waals surface area contributed by atoms with Gasteiger partial charge in [-0.25, -0.2) is 4.98 Å². The Bertz CT molecular complexity index is 664. The number of benzene rings is 1. The van der Waals surface area contributed by atoms with Crippen LogP contribution in [0.3, 0.4) is 0 Å². The van der Waals surface area contributed by atoms with E-state index in [4.69, 9.17) is 10.2 Å². The molecule has 0 spiro atoms. The zero-order valence-electron chi connectivity index (χ0n) is 11.8. The molecule has 0 saturated heterocycles. The van der Waals surface area contributed by atoms with Crippen molar-refractivity contribution in [2.75, 3.05) is 0 Å². The molecule has 19 heavy (non-hydrogen) atoms. The number of nitriles is 1. The molecule has 1 aromatic heterocycles. The highest BCUT2D eigenvalue weighted by atomic mass is 15.1. The van der Waals surface area contributed by atoms with Gasteiger partial charge in [0.1, 0.15) is 5.82 Å². The highest BCUT2D eigenvalue weighted by molar-refractivity contribution is 5.78. The zero-order chi connectivity index (χ0) is 13.6. The zero-order valence-corrected chi connectivity index (χ0v) is 11.8. The number of fused-ring (bicyclic) bond motifs is 1. The minimum absolute atomic E-state index is 0.228. The molecular formula is C16H19N3. The molecule has 0 N–H and O–H groups in total. The molecule has 1 heterocycles. The average molecular weight is 253 g/mol. The van der Waals surface area contributed by atoms with Crippen LogP contribution in [0.1, 0.15) is 51.0 Å². The van der Waals surface area contributed by atoms with Crippen molar-refractivity contribution >= 4 is 11.0 Å². The standard InChI is InChI=1S/C16H19N3/c1-16(2,3)9-15-18-13-8-11(10-17)4-7-14(13)19(15)12-5-6-12/h4,7-8,12H,5-6,9H2,1-3H3. The Hall–Kier alpha value is -1.82. The first-order chi connectivity index (χ1) is 8.98. The Morgan fingerprint density at radius 1 is 1.37 bits per heavy atom. The second-order valence-electron chi connectivity index (χ2n) is 6.68. The fourth-order valence-corrected chi connectivity index (χ4v) is 2.56. The van der Waals surface area contributed by atoms with Crippen molar-refractivity contribution in [2.24, 2.45) is 5.41 Å². The van der Waals surface area contributed by atoms with Gasteiger partial charge < -0.3 is 4.57 Å². The molecule has 0 radical (unpaired) electrons. The van der Waals surface area contributed by atoms with E-state index in [1.807, 2.05) is 18.2 Å².